The minimum absolute atomic E-state index is 0.0206. The van der Waals surface area contributed by atoms with Crippen molar-refractivity contribution in [1.82, 2.24) is 5.48 Å². The van der Waals surface area contributed by atoms with Crippen LogP contribution in [0.25, 0.3) is 0 Å². The third-order valence-electron chi connectivity index (χ3n) is 5.50. The van der Waals surface area contributed by atoms with Gasteiger partial charge in [0, 0.05) is 18.8 Å². The molecule has 170 valence electrons. The van der Waals surface area contributed by atoms with Crippen LogP contribution < -0.4 is 10.2 Å². The van der Waals surface area contributed by atoms with Crippen LogP contribution in [-0.4, -0.2) is 48.1 Å². The summed E-state index contributed by atoms with van der Waals surface area (Å²) in [4.78, 5) is 30.8. The van der Waals surface area contributed by atoms with Gasteiger partial charge in [0.05, 0.1) is 36.0 Å². The van der Waals surface area contributed by atoms with Crippen molar-refractivity contribution in [3.63, 3.8) is 0 Å². The smallest absolute Gasteiger partial charge is 0.170 e. The number of Topliss-reactive ketones (excluding diaryl/α,β-unsaturated/α-hetero) is 2. The predicted octanol–water partition coefficient (Wildman–Crippen LogP) is 2.94. The number of carbonyl (C=O) groups is 2. The molecule has 3 atom stereocenters. The quantitative estimate of drug-likeness (QED) is 0.142. The maximum absolute atomic E-state index is 12.5. The summed E-state index contributed by atoms with van der Waals surface area (Å²) in [6, 6.07) is 8.06. The van der Waals surface area contributed by atoms with E-state index in [9.17, 15) is 14.7 Å². The van der Waals surface area contributed by atoms with Crippen molar-refractivity contribution in [2.24, 2.45) is 5.92 Å². The molecule has 0 amide bonds. The van der Waals surface area contributed by atoms with Crippen molar-refractivity contribution < 1.29 is 29.0 Å². The van der Waals surface area contributed by atoms with Gasteiger partial charge >= 0.3 is 0 Å². The van der Waals surface area contributed by atoms with Gasteiger partial charge in [0.15, 0.2) is 11.6 Å². The van der Waals surface area contributed by atoms with Gasteiger partial charge in [-0.2, -0.15) is 10.7 Å². The lowest BCUT2D eigenvalue weighted by Gasteiger charge is -2.25. The van der Waals surface area contributed by atoms with Crippen molar-refractivity contribution in [2.45, 2.75) is 51.4 Å². The Balaban J connectivity index is 1.60. The van der Waals surface area contributed by atoms with Crippen molar-refractivity contribution in [2.75, 3.05) is 13.2 Å². The van der Waals surface area contributed by atoms with Gasteiger partial charge < -0.3 is 14.6 Å². The molecule has 2 aliphatic rings. The zero-order valence-corrected chi connectivity index (χ0v) is 18.2. The molecule has 32 heavy (non-hydrogen) atoms. The molecule has 0 bridgehead atoms. The Bertz CT molecular complexity index is 907. The Morgan fingerprint density at radius 2 is 1.97 bits per heavy atom. The molecule has 3 unspecified atom stereocenters. The maximum atomic E-state index is 12.5. The number of nitrogens with one attached hydrogen (secondary N) is 1. The number of hydrogen-bond donors (Lipinski definition) is 2. The Kier molecular flexibility index (Phi) is 8.17. The van der Waals surface area contributed by atoms with Crippen LogP contribution in [0.1, 0.15) is 38.7 Å². The van der Waals surface area contributed by atoms with Gasteiger partial charge in [0.25, 0.3) is 0 Å². The average Bonchev–Trinajstić information content (AvgIpc) is 3.63. The molecule has 8 heteroatoms. The summed E-state index contributed by atoms with van der Waals surface area (Å²) >= 11 is 0. The number of hydrogen-bond acceptors (Lipinski definition) is 8. The number of nitriles is 1. The SMILES string of the molecule is CC=CC(COc1ccc(C#N)cc1)ONC(CC)C(O)=C1C(=O)CC(C2CO2)CC1=O. The number of benzene rings is 1. The lowest BCUT2D eigenvalue weighted by molar-refractivity contribution is -0.126. The number of ether oxygens (including phenoxy) is 2. The van der Waals surface area contributed by atoms with Crippen LogP contribution >= 0.6 is 0 Å². The standard InChI is InChI=1S/C24H28N2O6/c1-3-5-18(13-30-17-8-6-15(12-25)7-9-17)32-26-19(4-2)24(29)23-20(27)10-16(11-21(23)28)22-14-31-22/h3,5-9,16,18-19,22,26,29H,4,10-11,13-14H2,1-2H3. The largest absolute Gasteiger partial charge is 0.510 e. The topological polar surface area (TPSA) is 121 Å². The minimum atomic E-state index is -0.714. The number of aliphatic hydroxyl groups excluding tert-OH is 1. The minimum Gasteiger partial charge on any atom is -0.510 e. The molecule has 1 aliphatic heterocycles. The molecule has 0 spiro atoms. The van der Waals surface area contributed by atoms with Crippen LogP contribution in [0.15, 0.2) is 47.7 Å². The molecular formula is C24H28N2O6. The van der Waals surface area contributed by atoms with Crippen LogP contribution in [0.5, 0.6) is 5.75 Å². The molecule has 0 aromatic heterocycles. The van der Waals surface area contributed by atoms with Crippen LogP contribution in [-0.2, 0) is 19.2 Å². The van der Waals surface area contributed by atoms with Crippen LogP contribution in [0.3, 0.4) is 0 Å². The van der Waals surface area contributed by atoms with Gasteiger partial charge in [-0.05, 0) is 37.6 Å². The Hall–Kier alpha value is -2.99. The van der Waals surface area contributed by atoms with E-state index in [4.69, 9.17) is 19.6 Å². The highest BCUT2D eigenvalue weighted by atomic mass is 16.7. The average molecular weight is 440 g/mol. The number of carbonyl (C=O) groups excluding carboxylic acids is 2. The molecule has 0 radical (unpaired) electrons. The highest BCUT2D eigenvalue weighted by molar-refractivity contribution is 6.22. The summed E-state index contributed by atoms with van der Waals surface area (Å²) in [6.07, 6.45) is 3.89. The third-order valence-corrected chi connectivity index (χ3v) is 5.50. The summed E-state index contributed by atoms with van der Waals surface area (Å²) in [6.45, 7) is 4.42. The van der Waals surface area contributed by atoms with Crippen LogP contribution in [0, 0.1) is 17.2 Å². The molecule has 2 fully saturated rings. The van der Waals surface area contributed by atoms with E-state index in [1.807, 2.05) is 26.0 Å². The van der Waals surface area contributed by atoms with Gasteiger partial charge in [0.1, 0.15) is 24.2 Å². The number of ketones is 2. The highest BCUT2D eigenvalue weighted by Crippen LogP contribution is 2.33. The highest BCUT2D eigenvalue weighted by Gasteiger charge is 2.42. The Morgan fingerprint density at radius 3 is 2.50 bits per heavy atom. The fraction of sp³-hybridized carbons (Fsp3) is 0.458. The molecule has 1 saturated heterocycles. The second kappa shape index (κ2) is 11.0. The Labute approximate surface area is 187 Å². The van der Waals surface area contributed by atoms with Gasteiger partial charge in [-0.15, -0.1) is 0 Å². The summed E-state index contributed by atoms with van der Waals surface area (Å²) in [5, 5.41) is 19.6. The number of epoxide rings is 1. The van der Waals surface area contributed by atoms with Crippen LogP contribution in [0.2, 0.25) is 0 Å². The fourth-order valence-electron chi connectivity index (χ4n) is 3.61. The molecular weight excluding hydrogens is 412 g/mol. The van der Waals surface area contributed by atoms with E-state index in [-0.39, 0.29) is 54.4 Å². The van der Waals surface area contributed by atoms with Gasteiger partial charge in [0.2, 0.25) is 0 Å². The lowest BCUT2D eigenvalue weighted by atomic mass is 9.81. The summed E-state index contributed by atoms with van der Waals surface area (Å²) in [5.41, 5.74) is 3.18. The second-order valence-electron chi connectivity index (χ2n) is 7.85. The number of hydroxylamine groups is 1. The first-order chi connectivity index (χ1) is 15.5. The van der Waals surface area contributed by atoms with E-state index in [2.05, 4.69) is 5.48 Å². The number of allylic oxidation sites excluding steroid dienone is 2. The van der Waals surface area contributed by atoms with Crippen molar-refractivity contribution in [1.29, 1.82) is 5.26 Å². The van der Waals surface area contributed by atoms with E-state index >= 15 is 0 Å². The molecule has 3 rings (SSSR count). The zero-order valence-electron chi connectivity index (χ0n) is 18.2. The van der Waals surface area contributed by atoms with Gasteiger partial charge in [-0.1, -0.05) is 19.1 Å². The number of rotatable bonds is 10. The monoisotopic (exact) mass is 440 g/mol. The normalized spacial score (nSPS) is 22.5. The molecule has 1 aliphatic carbocycles. The van der Waals surface area contributed by atoms with E-state index in [1.54, 1.807) is 30.3 Å². The second-order valence-corrected chi connectivity index (χ2v) is 7.85. The number of aliphatic hydroxyl groups is 1. The zero-order chi connectivity index (χ0) is 23.1. The molecule has 1 saturated carbocycles. The predicted molar refractivity (Wildman–Crippen MR) is 116 cm³/mol. The molecule has 1 aromatic carbocycles. The molecule has 1 aromatic rings. The van der Waals surface area contributed by atoms with Crippen molar-refractivity contribution in [3.8, 4) is 11.8 Å². The van der Waals surface area contributed by atoms with E-state index in [0.717, 1.165) is 0 Å². The van der Waals surface area contributed by atoms with Crippen LogP contribution in [0.4, 0.5) is 0 Å². The summed E-state index contributed by atoms with van der Waals surface area (Å²) in [5.74, 6) is -0.506. The third kappa shape index (κ3) is 6.04. The Morgan fingerprint density at radius 1 is 1.31 bits per heavy atom. The van der Waals surface area contributed by atoms with Crippen molar-refractivity contribution >= 4 is 11.6 Å². The van der Waals surface area contributed by atoms with Crippen molar-refractivity contribution in [3.05, 3.63) is 53.3 Å². The molecule has 2 N–H and O–H groups in total. The summed E-state index contributed by atoms with van der Waals surface area (Å²) in [7, 11) is 0. The van der Waals surface area contributed by atoms with E-state index in [0.29, 0.717) is 24.3 Å². The van der Waals surface area contributed by atoms with Gasteiger partial charge in [-0.3, -0.25) is 14.4 Å². The molecule has 8 nitrogen and oxygen atoms in total. The van der Waals surface area contributed by atoms with E-state index < -0.39 is 12.1 Å². The first-order valence-electron chi connectivity index (χ1n) is 10.7. The fourth-order valence-corrected chi connectivity index (χ4v) is 3.61. The summed E-state index contributed by atoms with van der Waals surface area (Å²) < 4.78 is 10.9. The first kappa shape index (κ1) is 23.7. The molecule has 1 heterocycles. The van der Waals surface area contributed by atoms with Gasteiger partial charge in [-0.25, -0.2) is 0 Å². The van der Waals surface area contributed by atoms with E-state index in [1.165, 1.54) is 0 Å². The maximum Gasteiger partial charge on any atom is 0.170 e. The lowest BCUT2D eigenvalue weighted by Crippen LogP contribution is -2.39. The number of nitrogens with zero attached hydrogens (tertiary/aromatic N) is 1. The first-order valence-corrected chi connectivity index (χ1v) is 10.7.